The molecule has 1 aromatic carbocycles. The molecule has 1 fully saturated rings. The summed E-state index contributed by atoms with van der Waals surface area (Å²) in [5.41, 5.74) is 3.01. The van der Waals surface area contributed by atoms with E-state index in [-0.39, 0.29) is 16.4 Å². The summed E-state index contributed by atoms with van der Waals surface area (Å²) in [6.45, 7) is 1.68. The van der Waals surface area contributed by atoms with E-state index in [1.54, 1.807) is 35.8 Å². The lowest BCUT2D eigenvalue weighted by atomic mass is 9.97. The van der Waals surface area contributed by atoms with Crippen molar-refractivity contribution in [1.29, 1.82) is 0 Å². The highest BCUT2D eigenvalue weighted by Crippen LogP contribution is 2.28. The molecule has 0 aliphatic carbocycles. The molecule has 4 rings (SSSR count). The Bertz CT molecular complexity index is 1160. The van der Waals surface area contributed by atoms with Crippen molar-refractivity contribution in [3.05, 3.63) is 60.8 Å². The molecule has 10 nitrogen and oxygen atoms in total. The highest BCUT2D eigenvalue weighted by atomic mass is 32.2. The van der Waals surface area contributed by atoms with Crippen LogP contribution < -0.4 is 15.1 Å². The summed E-state index contributed by atoms with van der Waals surface area (Å²) in [4.78, 5) is 21.9. The molecular weight excluding hydrogens is 434 g/mol. The van der Waals surface area contributed by atoms with E-state index in [1.165, 1.54) is 24.9 Å². The van der Waals surface area contributed by atoms with Gasteiger partial charge in [0.1, 0.15) is 0 Å². The molecule has 168 valence electrons. The number of hydroxylamine groups is 1. The lowest BCUT2D eigenvalue weighted by Crippen LogP contribution is -2.39. The number of rotatable bonds is 7. The first kappa shape index (κ1) is 21.9. The second kappa shape index (κ2) is 9.47. The number of carbonyl (C=O) groups is 1. The molecule has 1 amide bonds. The van der Waals surface area contributed by atoms with Crippen LogP contribution in [0, 0.1) is 5.92 Å². The van der Waals surface area contributed by atoms with Crippen LogP contribution >= 0.6 is 0 Å². The SMILES string of the molecule is O=C(NO)c1cnc(N2CCC(CNS(=O)(=O)c3ccccc3-c3ccoc3)CC2)nc1. The lowest BCUT2D eigenvalue weighted by molar-refractivity contribution is 0.0705. The summed E-state index contributed by atoms with van der Waals surface area (Å²) in [6, 6.07) is 8.57. The number of anilines is 1. The molecule has 11 heteroatoms. The fourth-order valence-electron chi connectivity index (χ4n) is 3.67. The van der Waals surface area contributed by atoms with Gasteiger partial charge in [0.2, 0.25) is 16.0 Å². The Balaban J connectivity index is 1.35. The van der Waals surface area contributed by atoms with Gasteiger partial charge in [-0.3, -0.25) is 10.0 Å². The molecule has 3 heterocycles. The van der Waals surface area contributed by atoms with Crippen LogP contribution in [0.25, 0.3) is 11.1 Å². The predicted octanol–water partition coefficient (Wildman–Crippen LogP) is 2.05. The van der Waals surface area contributed by atoms with Gasteiger partial charge in [0.25, 0.3) is 5.91 Å². The zero-order valence-electron chi connectivity index (χ0n) is 17.1. The Labute approximate surface area is 185 Å². The largest absolute Gasteiger partial charge is 0.472 e. The summed E-state index contributed by atoms with van der Waals surface area (Å²) in [5.74, 6) is 0.00555. The van der Waals surface area contributed by atoms with Crippen molar-refractivity contribution >= 4 is 21.9 Å². The summed E-state index contributed by atoms with van der Waals surface area (Å²) in [6.07, 6.45) is 7.28. The number of carbonyl (C=O) groups excluding carboxylic acids is 1. The number of piperidine rings is 1. The third-order valence-electron chi connectivity index (χ3n) is 5.47. The maximum atomic E-state index is 13.0. The first-order valence-electron chi connectivity index (χ1n) is 10.1. The number of hydrogen-bond donors (Lipinski definition) is 3. The summed E-state index contributed by atoms with van der Waals surface area (Å²) < 4.78 is 33.8. The van der Waals surface area contributed by atoms with Crippen LogP contribution in [0.1, 0.15) is 23.2 Å². The average Bonchev–Trinajstić information content (AvgIpc) is 3.38. The molecule has 0 unspecified atom stereocenters. The first-order chi connectivity index (χ1) is 15.5. The number of furan rings is 1. The second-order valence-electron chi connectivity index (χ2n) is 7.50. The molecule has 1 aliphatic heterocycles. The van der Waals surface area contributed by atoms with Gasteiger partial charge in [0, 0.05) is 43.2 Å². The predicted molar refractivity (Wildman–Crippen MR) is 116 cm³/mol. The van der Waals surface area contributed by atoms with Crippen molar-refractivity contribution in [2.75, 3.05) is 24.5 Å². The smallest absolute Gasteiger partial charge is 0.277 e. The van der Waals surface area contributed by atoms with Gasteiger partial charge in [-0.15, -0.1) is 0 Å². The van der Waals surface area contributed by atoms with Crippen molar-refractivity contribution < 1.29 is 22.8 Å². The van der Waals surface area contributed by atoms with Crippen molar-refractivity contribution in [3.63, 3.8) is 0 Å². The molecule has 0 spiro atoms. The van der Waals surface area contributed by atoms with Crippen LogP contribution in [0.2, 0.25) is 0 Å². The standard InChI is InChI=1S/C21H23N5O5S/c27-20(25-28)17-12-22-21(23-13-17)26-8-5-15(6-9-26)11-24-32(29,30)19-4-2-1-3-18(19)16-7-10-31-14-16/h1-4,7,10,12-15,24,28H,5-6,8-9,11H2,(H,25,27). The van der Waals surface area contributed by atoms with Crippen LogP contribution in [-0.2, 0) is 10.0 Å². The van der Waals surface area contributed by atoms with Crippen LogP contribution in [0.15, 0.2) is 64.6 Å². The number of aromatic nitrogens is 2. The van der Waals surface area contributed by atoms with Gasteiger partial charge < -0.3 is 9.32 Å². The fraction of sp³-hybridized carbons (Fsp3) is 0.286. The Morgan fingerprint density at radius 3 is 2.53 bits per heavy atom. The average molecular weight is 458 g/mol. The van der Waals surface area contributed by atoms with Crippen LogP contribution in [0.5, 0.6) is 0 Å². The number of hydrogen-bond acceptors (Lipinski definition) is 8. The van der Waals surface area contributed by atoms with Crippen molar-refractivity contribution in [2.24, 2.45) is 5.92 Å². The van der Waals surface area contributed by atoms with Gasteiger partial charge >= 0.3 is 0 Å². The van der Waals surface area contributed by atoms with E-state index in [1.807, 2.05) is 4.90 Å². The number of benzene rings is 1. The molecule has 0 bridgehead atoms. The third kappa shape index (κ3) is 4.79. The first-order valence-corrected chi connectivity index (χ1v) is 11.6. The highest BCUT2D eigenvalue weighted by Gasteiger charge is 2.25. The fourth-order valence-corrected chi connectivity index (χ4v) is 5.01. The van der Waals surface area contributed by atoms with E-state index < -0.39 is 15.9 Å². The minimum atomic E-state index is -3.69. The topological polar surface area (TPSA) is 138 Å². The molecule has 2 aromatic heterocycles. The number of nitrogens with one attached hydrogen (secondary N) is 2. The van der Waals surface area contributed by atoms with Crippen LogP contribution in [-0.4, -0.2) is 49.1 Å². The Kier molecular flexibility index (Phi) is 6.49. The summed E-state index contributed by atoms with van der Waals surface area (Å²) >= 11 is 0. The number of amides is 1. The number of sulfonamides is 1. The molecule has 32 heavy (non-hydrogen) atoms. The third-order valence-corrected chi connectivity index (χ3v) is 6.95. The van der Waals surface area contributed by atoms with Gasteiger partial charge in [-0.2, -0.15) is 0 Å². The number of nitrogens with zero attached hydrogens (tertiary/aromatic N) is 3. The van der Waals surface area contributed by atoms with E-state index in [9.17, 15) is 13.2 Å². The maximum absolute atomic E-state index is 13.0. The summed E-state index contributed by atoms with van der Waals surface area (Å²) in [7, 11) is -3.69. The van der Waals surface area contributed by atoms with Crippen molar-refractivity contribution in [2.45, 2.75) is 17.7 Å². The molecule has 0 radical (unpaired) electrons. The van der Waals surface area contributed by atoms with Gasteiger partial charge in [-0.05, 0) is 30.9 Å². The molecule has 0 atom stereocenters. The monoisotopic (exact) mass is 457 g/mol. The van der Waals surface area contributed by atoms with E-state index in [2.05, 4.69) is 14.7 Å². The lowest BCUT2D eigenvalue weighted by Gasteiger charge is -2.32. The normalized spacial score (nSPS) is 15.0. The van der Waals surface area contributed by atoms with Gasteiger partial charge in [0.15, 0.2) is 0 Å². The zero-order valence-corrected chi connectivity index (χ0v) is 18.0. The van der Waals surface area contributed by atoms with Gasteiger partial charge in [0.05, 0.1) is 23.0 Å². The molecule has 0 saturated carbocycles. The Hall–Kier alpha value is -3.28. The molecule has 1 saturated heterocycles. The zero-order chi connectivity index (χ0) is 22.6. The van der Waals surface area contributed by atoms with Crippen LogP contribution in [0.3, 0.4) is 0 Å². The maximum Gasteiger partial charge on any atom is 0.277 e. The minimum absolute atomic E-state index is 0.163. The summed E-state index contributed by atoms with van der Waals surface area (Å²) in [5, 5.41) is 8.66. The Morgan fingerprint density at radius 2 is 1.88 bits per heavy atom. The molecule has 3 aromatic rings. The van der Waals surface area contributed by atoms with E-state index in [0.717, 1.165) is 12.8 Å². The quantitative estimate of drug-likeness (QED) is 0.362. The molecule has 1 aliphatic rings. The van der Waals surface area contributed by atoms with E-state index in [4.69, 9.17) is 9.62 Å². The van der Waals surface area contributed by atoms with E-state index >= 15 is 0 Å². The van der Waals surface area contributed by atoms with Gasteiger partial charge in [-0.1, -0.05) is 18.2 Å². The van der Waals surface area contributed by atoms with Crippen molar-refractivity contribution in [1.82, 2.24) is 20.2 Å². The van der Waals surface area contributed by atoms with Crippen LogP contribution in [0.4, 0.5) is 5.95 Å². The van der Waals surface area contributed by atoms with Crippen molar-refractivity contribution in [3.8, 4) is 11.1 Å². The van der Waals surface area contributed by atoms with E-state index in [0.29, 0.717) is 36.7 Å². The highest BCUT2D eigenvalue weighted by molar-refractivity contribution is 7.89. The second-order valence-corrected chi connectivity index (χ2v) is 9.24. The minimum Gasteiger partial charge on any atom is -0.472 e. The molecular formula is C21H23N5O5S. The molecule has 3 N–H and O–H groups in total. The van der Waals surface area contributed by atoms with Gasteiger partial charge in [-0.25, -0.2) is 28.6 Å². The Morgan fingerprint density at radius 1 is 1.16 bits per heavy atom.